The Labute approximate surface area is 109 Å². The van der Waals surface area contributed by atoms with E-state index >= 15 is 0 Å². The van der Waals surface area contributed by atoms with Crippen molar-refractivity contribution >= 4 is 0 Å². The molecule has 0 aromatic carbocycles. The van der Waals surface area contributed by atoms with Crippen molar-refractivity contribution in [3.05, 3.63) is 11.9 Å². The lowest BCUT2D eigenvalue weighted by Crippen LogP contribution is -2.50. The highest BCUT2D eigenvalue weighted by Gasteiger charge is 2.44. The summed E-state index contributed by atoms with van der Waals surface area (Å²) in [6, 6.07) is -0.0718. The van der Waals surface area contributed by atoms with Crippen molar-refractivity contribution < 1.29 is 4.74 Å². The number of aryl methyl sites for hydroxylation is 1. The maximum absolute atomic E-state index is 6.58. The second-order valence-electron chi connectivity index (χ2n) is 5.40. The van der Waals surface area contributed by atoms with E-state index in [0.29, 0.717) is 0 Å². The van der Waals surface area contributed by atoms with Crippen molar-refractivity contribution in [2.75, 3.05) is 21.2 Å². The van der Waals surface area contributed by atoms with Gasteiger partial charge in [0.1, 0.15) is 0 Å². The second-order valence-corrected chi connectivity index (χ2v) is 5.40. The molecule has 0 radical (unpaired) electrons. The van der Waals surface area contributed by atoms with E-state index in [1.807, 2.05) is 11.7 Å². The molecule has 2 rings (SSSR count). The highest BCUT2D eigenvalue weighted by molar-refractivity contribution is 5.31. The number of hydrogen-bond donors (Lipinski definition) is 1. The largest absolute Gasteiger partial charge is 0.493 e. The summed E-state index contributed by atoms with van der Waals surface area (Å²) in [5, 5.41) is 4.26. The molecule has 0 saturated heterocycles. The minimum absolute atomic E-state index is 0.0288. The summed E-state index contributed by atoms with van der Waals surface area (Å²) in [6.07, 6.45) is 6.50. The molecule has 1 saturated carbocycles. The molecule has 1 fully saturated rings. The minimum Gasteiger partial charge on any atom is -0.493 e. The lowest BCUT2D eigenvalue weighted by atomic mass is 9.85. The lowest BCUT2D eigenvalue weighted by molar-refractivity contribution is 0.118. The van der Waals surface area contributed by atoms with Crippen LogP contribution in [-0.4, -0.2) is 41.4 Å². The number of hydrogen-bond acceptors (Lipinski definition) is 4. The van der Waals surface area contributed by atoms with Gasteiger partial charge < -0.3 is 15.4 Å². The summed E-state index contributed by atoms with van der Waals surface area (Å²) in [4.78, 5) is 2.27. The van der Waals surface area contributed by atoms with Gasteiger partial charge in [-0.3, -0.25) is 4.68 Å². The Kier molecular flexibility index (Phi) is 3.64. The highest BCUT2D eigenvalue weighted by Crippen LogP contribution is 2.43. The summed E-state index contributed by atoms with van der Waals surface area (Å²) < 4.78 is 7.23. The van der Waals surface area contributed by atoms with E-state index in [-0.39, 0.29) is 11.6 Å². The van der Waals surface area contributed by atoms with Gasteiger partial charge in [-0.2, -0.15) is 5.10 Å². The Balaban J connectivity index is 2.39. The van der Waals surface area contributed by atoms with Gasteiger partial charge in [0.25, 0.3) is 0 Å². The van der Waals surface area contributed by atoms with Crippen molar-refractivity contribution in [3.63, 3.8) is 0 Å². The molecule has 0 spiro atoms. The van der Waals surface area contributed by atoms with E-state index in [9.17, 15) is 0 Å². The zero-order valence-electron chi connectivity index (χ0n) is 11.8. The number of likely N-dealkylation sites (N-methyl/N-ethyl adjacent to an activating group) is 1. The maximum Gasteiger partial charge on any atom is 0.161 e. The first-order chi connectivity index (χ1) is 8.53. The van der Waals surface area contributed by atoms with Gasteiger partial charge in [0.2, 0.25) is 0 Å². The molecule has 1 heterocycles. The Hall–Kier alpha value is -1.07. The Morgan fingerprint density at radius 1 is 1.44 bits per heavy atom. The van der Waals surface area contributed by atoms with Crippen molar-refractivity contribution in [2.45, 2.75) is 37.3 Å². The normalized spacial score (nSPS) is 20.3. The van der Waals surface area contributed by atoms with Gasteiger partial charge in [-0.05, 0) is 26.9 Å². The van der Waals surface area contributed by atoms with Crippen molar-refractivity contribution in [3.8, 4) is 5.75 Å². The average molecular weight is 252 g/mol. The third-order valence-corrected chi connectivity index (χ3v) is 4.40. The molecule has 2 N–H and O–H groups in total. The molecule has 0 aliphatic heterocycles. The number of ether oxygens (including phenoxy) is 1. The van der Waals surface area contributed by atoms with Crippen LogP contribution in [0.25, 0.3) is 0 Å². The van der Waals surface area contributed by atoms with Crippen LogP contribution in [0, 0.1) is 0 Å². The first-order valence-corrected chi connectivity index (χ1v) is 6.52. The van der Waals surface area contributed by atoms with Crippen LogP contribution in [0.2, 0.25) is 0 Å². The van der Waals surface area contributed by atoms with Gasteiger partial charge in [-0.1, -0.05) is 12.8 Å². The van der Waals surface area contributed by atoms with E-state index in [0.717, 1.165) is 24.3 Å². The first-order valence-electron chi connectivity index (χ1n) is 6.52. The summed E-state index contributed by atoms with van der Waals surface area (Å²) in [7, 11) is 7.84. The molecule has 0 amide bonds. The molecule has 1 aliphatic rings. The van der Waals surface area contributed by atoms with Crippen molar-refractivity contribution in [1.82, 2.24) is 14.7 Å². The summed E-state index contributed by atoms with van der Waals surface area (Å²) in [5.41, 5.74) is 7.60. The molecule has 5 heteroatoms. The van der Waals surface area contributed by atoms with Crippen molar-refractivity contribution in [1.29, 1.82) is 0 Å². The Morgan fingerprint density at radius 3 is 2.56 bits per heavy atom. The third-order valence-electron chi connectivity index (χ3n) is 4.40. The fourth-order valence-electron chi connectivity index (χ4n) is 3.22. The molecular weight excluding hydrogens is 228 g/mol. The molecule has 1 atom stereocenters. The van der Waals surface area contributed by atoms with E-state index in [1.165, 1.54) is 12.8 Å². The lowest BCUT2D eigenvalue weighted by Gasteiger charge is -2.41. The van der Waals surface area contributed by atoms with Crippen LogP contribution in [0.3, 0.4) is 0 Å². The van der Waals surface area contributed by atoms with E-state index in [1.54, 1.807) is 13.3 Å². The maximum atomic E-state index is 6.58. The highest BCUT2D eigenvalue weighted by atomic mass is 16.5. The topological polar surface area (TPSA) is 56.3 Å². The average Bonchev–Trinajstić information content (AvgIpc) is 2.95. The Morgan fingerprint density at radius 2 is 2.06 bits per heavy atom. The van der Waals surface area contributed by atoms with Crippen LogP contribution < -0.4 is 10.5 Å². The summed E-state index contributed by atoms with van der Waals surface area (Å²) in [5.74, 6) is 0.790. The van der Waals surface area contributed by atoms with E-state index in [2.05, 4.69) is 24.1 Å². The van der Waals surface area contributed by atoms with Gasteiger partial charge in [-0.25, -0.2) is 0 Å². The van der Waals surface area contributed by atoms with Crippen LogP contribution in [0.15, 0.2) is 6.20 Å². The predicted molar refractivity (Wildman–Crippen MR) is 71.6 cm³/mol. The summed E-state index contributed by atoms with van der Waals surface area (Å²) in [6.45, 7) is 0. The second kappa shape index (κ2) is 4.90. The molecule has 5 nitrogen and oxygen atoms in total. The molecule has 1 aromatic rings. The molecule has 1 aliphatic carbocycles. The molecule has 1 unspecified atom stereocenters. The van der Waals surface area contributed by atoms with Gasteiger partial charge in [0.05, 0.1) is 25.0 Å². The standard InChI is InChI=1S/C13H24N4O/c1-16(2)13(7-5-6-8-13)12(14)11-10(18-4)9-15-17(11)3/h9,12H,5-8,14H2,1-4H3. The van der Waals surface area contributed by atoms with Crippen LogP contribution in [0.4, 0.5) is 0 Å². The molecule has 0 bridgehead atoms. The smallest absolute Gasteiger partial charge is 0.161 e. The monoisotopic (exact) mass is 252 g/mol. The predicted octanol–water partition coefficient (Wildman–Crippen LogP) is 1.30. The quantitative estimate of drug-likeness (QED) is 0.877. The van der Waals surface area contributed by atoms with Crippen LogP contribution in [-0.2, 0) is 7.05 Å². The van der Waals surface area contributed by atoms with Crippen LogP contribution >= 0.6 is 0 Å². The number of nitrogens with two attached hydrogens (primary N) is 1. The fraction of sp³-hybridized carbons (Fsp3) is 0.769. The van der Waals surface area contributed by atoms with Gasteiger partial charge in [-0.15, -0.1) is 0 Å². The SMILES string of the molecule is COc1cnn(C)c1C(N)C1(N(C)C)CCCC1. The van der Waals surface area contributed by atoms with E-state index < -0.39 is 0 Å². The zero-order chi connectivity index (χ0) is 13.3. The van der Waals surface area contributed by atoms with E-state index in [4.69, 9.17) is 10.5 Å². The van der Waals surface area contributed by atoms with Gasteiger partial charge in [0.15, 0.2) is 5.75 Å². The fourth-order valence-corrected chi connectivity index (χ4v) is 3.22. The number of rotatable bonds is 4. The number of aromatic nitrogens is 2. The molecule has 18 heavy (non-hydrogen) atoms. The number of nitrogens with zero attached hydrogens (tertiary/aromatic N) is 3. The van der Waals surface area contributed by atoms with Gasteiger partial charge in [0, 0.05) is 12.6 Å². The van der Waals surface area contributed by atoms with Crippen LogP contribution in [0.1, 0.15) is 37.4 Å². The Bertz CT molecular complexity index is 407. The zero-order valence-corrected chi connectivity index (χ0v) is 11.8. The number of methoxy groups -OCH3 is 1. The van der Waals surface area contributed by atoms with Gasteiger partial charge >= 0.3 is 0 Å². The van der Waals surface area contributed by atoms with Crippen molar-refractivity contribution in [2.24, 2.45) is 12.8 Å². The molecular formula is C13H24N4O. The molecule has 102 valence electrons. The molecule has 1 aromatic heterocycles. The first kappa shape index (κ1) is 13.4. The summed E-state index contributed by atoms with van der Waals surface area (Å²) >= 11 is 0. The third kappa shape index (κ3) is 1.91. The minimum atomic E-state index is -0.0718. The van der Waals surface area contributed by atoms with Crippen LogP contribution in [0.5, 0.6) is 5.75 Å².